The predicted molar refractivity (Wildman–Crippen MR) is 109 cm³/mol. The minimum Gasteiger partial charge on any atom is -0.303 e. The number of benzene rings is 2. The first-order valence-corrected chi connectivity index (χ1v) is 10.3. The van der Waals surface area contributed by atoms with Crippen molar-refractivity contribution in [3.05, 3.63) is 71.3 Å². The zero-order valence-corrected chi connectivity index (χ0v) is 16.0. The van der Waals surface area contributed by atoms with Crippen LogP contribution in [0.2, 0.25) is 0 Å². The molecule has 140 valence electrons. The Morgan fingerprint density at radius 2 is 1.58 bits per heavy atom. The average molecular weight is 354 g/mol. The van der Waals surface area contributed by atoms with Crippen molar-refractivity contribution in [2.75, 3.05) is 19.6 Å². The van der Waals surface area contributed by atoms with Crippen LogP contribution < -0.4 is 0 Å². The van der Waals surface area contributed by atoms with E-state index in [0.29, 0.717) is 0 Å². The van der Waals surface area contributed by atoms with Gasteiger partial charge in [-0.1, -0.05) is 61.5 Å². The SMILES string of the molecule is CCCN(CCCc1ccc(C2CCC2F)cc1)CCc1ccccc1. The molecule has 3 rings (SSSR count). The summed E-state index contributed by atoms with van der Waals surface area (Å²) in [6, 6.07) is 19.5. The largest absolute Gasteiger partial charge is 0.303 e. The highest BCUT2D eigenvalue weighted by Gasteiger charge is 2.31. The van der Waals surface area contributed by atoms with Crippen LogP contribution in [0.1, 0.15) is 55.2 Å². The number of hydrogen-bond acceptors (Lipinski definition) is 1. The Morgan fingerprint density at radius 3 is 2.19 bits per heavy atom. The fraction of sp³-hybridized carbons (Fsp3) is 0.500. The minimum absolute atomic E-state index is 0.155. The number of halogens is 1. The third-order valence-electron chi connectivity index (χ3n) is 5.64. The fourth-order valence-electron chi connectivity index (χ4n) is 3.86. The van der Waals surface area contributed by atoms with Crippen molar-refractivity contribution in [1.29, 1.82) is 0 Å². The van der Waals surface area contributed by atoms with Crippen LogP contribution in [0.5, 0.6) is 0 Å². The number of rotatable bonds is 10. The Labute approximate surface area is 158 Å². The maximum absolute atomic E-state index is 13.5. The molecule has 1 aliphatic carbocycles. The molecule has 0 N–H and O–H groups in total. The van der Waals surface area contributed by atoms with Gasteiger partial charge in [0.2, 0.25) is 0 Å². The number of aryl methyl sites for hydroxylation is 1. The summed E-state index contributed by atoms with van der Waals surface area (Å²) < 4.78 is 13.5. The van der Waals surface area contributed by atoms with Crippen LogP contribution in [0, 0.1) is 0 Å². The van der Waals surface area contributed by atoms with Crippen LogP contribution in [0.15, 0.2) is 54.6 Å². The first-order valence-electron chi connectivity index (χ1n) is 10.3. The molecule has 1 saturated carbocycles. The van der Waals surface area contributed by atoms with E-state index >= 15 is 0 Å². The summed E-state index contributed by atoms with van der Waals surface area (Å²) in [5, 5.41) is 0. The first-order chi connectivity index (χ1) is 12.8. The van der Waals surface area contributed by atoms with Crippen LogP contribution in [-0.2, 0) is 12.8 Å². The van der Waals surface area contributed by atoms with Crippen molar-refractivity contribution in [3.8, 4) is 0 Å². The van der Waals surface area contributed by atoms with Crippen molar-refractivity contribution >= 4 is 0 Å². The van der Waals surface area contributed by atoms with E-state index in [1.54, 1.807) is 0 Å². The molecule has 1 fully saturated rings. The second-order valence-electron chi connectivity index (χ2n) is 7.62. The maximum atomic E-state index is 13.5. The lowest BCUT2D eigenvalue weighted by Gasteiger charge is -2.30. The molecule has 0 heterocycles. The third kappa shape index (κ3) is 5.41. The van der Waals surface area contributed by atoms with E-state index in [0.717, 1.165) is 38.8 Å². The van der Waals surface area contributed by atoms with Crippen molar-refractivity contribution in [2.24, 2.45) is 0 Å². The molecule has 0 bridgehead atoms. The Kier molecular flexibility index (Phi) is 7.25. The van der Waals surface area contributed by atoms with Crippen molar-refractivity contribution in [1.82, 2.24) is 4.90 Å². The summed E-state index contributed by atoms with van der Waals surface area (Å²) in [4.78, 5) is 2.59. The van der Waals surface area contributed by atoms with Gasteiger partial charge in [-0.05, 0) is 68.3 Å². The highest BCUT2D eigenvalue weighted by molar-refractivity contribution is 5.28. The predicted octanol–water partition coefficient (Wildman–Crippen LogP) is 5.79. The van der Waals surface area contributed by atoms with Crippen LogP contribution in [0.3, 0.4) is 0 Å². The summed E-state index contributed by atoms with van der Waals surface area (Å²) in [7, 11) is 0. The fourth-order valence-corrected chi connectivity index (χ4v) is 3.86. The van der Waals surface area contributed by atoms with Gasteiger partial charge in [0.15, 0.2) is 0 Å². The summed E-state index contributed by atoms with van der Waals surface area (Å²) >= 11 is 0. The van der Waals surface area contributed by atoms with Gasteiger partial charge in [0.05, 0.1) is 0 Å². The van der Waals surface area contributed by atoms with Crippen molar-refractivity contribution in [2.45, 2.75) is 57.5 Å². The topological polar surface area (TPSA) is 3.24 Å². The lowest BCUT2D eigenvalue weighted by molar-refractivity contribution is 0.170. The molecule has 2 heteroatoms. The minimum atomic E-state index is -0.618. The van der Waals surface area contributed by atoms with Gasteiger partial charge in [0.25, 0.3) is 0 Å². The first kappa shape index (κ1) is 19.1. The highest BCUT2D eigenvalue weighted by atomic mass is 19.1. The van der Waals surface area contributed by atoms with E-state index in [-0.39, 0.29) is 5.92 Å². The second-order valence-corrected chi connectivity index (χ2v) is 7.62. The summed E-state index contributed by atoms with van der Waals surface area (Å²) in [5.74, 6) is 0.155. The molecule has 26 heavy (non-hydrogen) atoms. The Balaban J connectivity index is 1.42. The standard InChI is InChI=1S/C24H32FN/c1-2-17-26(19-16-20-7-4-3-5-8-20)18-6-9-21-10-12-22(13-11-21)23-14-15-24(23)25/h3-5,7-8,10-13,23-24H,2,6,9,14-19H2,1H3. The molecule has 2 unspecified atom stereocenters. The molecule has 0 aromatic heterocycles. The van der Waals surface area contributed by atoms with Gasteiger partial charge < -0.3 is 4.90 Å². The molecule has 1 nitrogen and oxygen atoms in total. The molecule has 2 aromatic rings. The summed E-state index contributed by atoms with van der Waals surface area (Å²) in [6.45, 7) is 5.71. The molecule has 2 atom stereocenters. The highest BCUT2D eigenvalue weighted by Crippen LogP contribution is 2.39. The number of nitrogens with zero attached hydrogens (tertiary/aromatic N) is 1. The second kappa shape index (κ2) is 9.87. The molecule has 0 amide bonds. The van der Waals surface area contributed by atoms with E-state index < -0.39 is 6.17 Å². The van der Waals surface area contributed by atoms with Gasteiger partial charge in [0, 0.05) is 12.5 Å². The quantitative estimate of drug-likeness (QED) is 0.522. The van der Waals surface area contributed by atoms with Crippen LogP contribution in [-0.4, -0.2) is 30.7 Å². The van der Waals surface area contributed by atoms with Crippen molar-refractivity contribution < 1.29 is 4.39 Å². The molecular weight excluding hydrogens is 321 g/mol. The molecule has 0 aliphatic heterocycles. The number of hydrogen-bond donors (Lipinski definition) is 0. The van der Waals surface area contributed by atoms with E-state index in [4.69, 9.17) is 0 Å². The monoisotopic (exact) mass is 353 g/mol. The Hall–Kier alpha value is -1.67. The van der Waals surface area contributed by atoms with Crippen LogP contribution in [0.4, 0.5) is 4.39 Å². The van der Waals surface area contributed by atoms with Gasteiger partial charge in [-0.2, -0.15) is 0 Å². The van der Waals surface area contributed by atoms with Gasteiger partial charge in [0.1, 0.15) is 6.17 Å². The average Bonchev–Trinajstić information content (AvgIpc) is 2.67. The molecular formula is C24H32FN. The molecule has 0 radical (unpaired) electrons. The lowest BCUT2D eigenvalue weighted by Crippen LogP contribution is -2.28. The third-order valence-corrected chi connectivity index (χ3v) is 5.64. The number of alkyl halides is 1. The van der Waals surface area contributed by atoms with Crippen LogP contribution >= 0.6 is 0 Å². The van der Waals surface area contributed by atoms with Gasteiger partial charge in [-0.15, -0.1) is 0 Å². The van der Waals surface area contributed by atoms with E-state index in [1.165, 1.54) is 36.1 Å². The zero-order chi connectivity index (χ0) is 18.2. The summed E-state index contributed by atoms with van der Waals surface area (Å²) in [6.07, 6.45) is 5.75. The zero-order valence-electron chi connectivity index (χ0n) is 16.0. The van der Waals surface area contributed by atoms with E-state index in [9.17, 15) is 4.39 Å². The smallest absolute Gasteiger partial charge is 0.107 e. The summed E-state index contributed by atoms with van der Waals surface area (Å²) in [5.41, 5.74) is 3.98. The molecule has 0 spiro atoms. The van der Waals surface area contributed by atoms with E-state index in [2.05, 4.69) is 66.4 Å². The molecule has 2 aromatic carbocycles. The normalized spacial score (nSPS) is 19.5. The Morgan fingerprint density at radius 1 is 0.846 bits per heavy atom. The molecule has 0 saturated heterocycles. The van der Waals surface area contributed by atoms with E-state index in [1.807, 2.05) is 0 Å². The van der Waals surface area contributed by atoms with Crippen LogP contribution in [0.25, 0.3) is 0 Å². The molecule has 1 aliphatic rings. The van der Waals surface area contributed by atoms with Crippen molar-refractivity contribution in [3.63, 3.8) is 0 Å². The van der Waals surface area contributed by atoms with Gasteiger partial charge in [-0.3, -0.25) is 0 Å². The van der Waals surface area contributed by atoms with Gasteiger partial charge >= 0.3 is 0 Å². The Bertz CT molecular complexity index is 637. The lowest BCUT2D eigenvalue weighted by atomic mass is 9.78. The van der Waals surface area contributed by atoms with Gasteiger partial charge in [-0.25, -0.2) is 4.39 Å². The maximum Gasteiger partial charge on any atom is 0.107 e.